The SMILES string of the molecule is Cc1cccc(F)c1Cn1c(=O)ccc2ccc(Nc3ccc(N4CCN(C)CC4)cc3)cc21. The fourth-order valence-electron chi connectivity index (χ4n) is 4.54. The Labute approximate surface area is 199 Å². The number of hydrogen-bond acceptors (Lipinski definition) is 4. The summed E-state index contributed by atoms with van der Waals surface area (Å²) in [4.78, 5) is 17.5. The predicted molar refractivity (Wildman–Crippen MR) is 138 cm³/mol. The summed E-state index contributed by atoms with van der Waals surface area (Å²) in [5.74, 6) is -0.293. The molecule has 1 aromatic heterocycles. The Morgan fingerprint density at radius 2 is 1.59 bits per heavy atom. The molecular weight excluding hydrogens is 427 g/mol. The van der Waals surface area contributed by atoms with Gasteiger partial charge in [0.2, 0.25) is 0 Å². The van der Waals surface area contributed by atoms with Crippen molar-refractivity contribution in [3.8, 4) is 0 Å². The van der Waals surface area contributed by atoms with Crippen LogP contribution in [0.1, 0.15) is 11.1 Å². The van der Waals surface area contributed by atoms with Gasteiger partial charge in [-0.1, -0.05) is 18.2 Å². The number of benzene rings is 3. The quantitative estimate of drug-likeness (QED) is 0.459. The van der Waals surface area contributed by atoms with Crippen LogP contribution in [-0.2, 0) is 6.54 Å². The summed E-state index contributed by atoms with van der Waals surface area (Å²) < 4.78 is 16.1. The second kappa shape index (κ2) is 9.31. The molecule has 1 fully saturated rings. The average molecular weight is 457 g/mol. The second-order valence-corrected chi connectivity index (χ2v) is 9.03. The molecule has 0 amide bonds. The van der Waals surface area contributed by atoms with Gasteiger partial charge in [0.15, 0.2) is 0 Å². The first-order valence-electron chi connectivity index (χ1n) is 11.7. The van der Waals surface area contributed by atoms with E-state index in [0.29, 0.717) is 5.56 Å². The fraction of sp³-hybridized carbons (Fsp3) is 0.250. The van der Waals surface area contributed by atoms with Gasteiger partial charge in [-0.25, -0.2) is 4.39 Å². The molecule has 3 aromatic carbocycles. The van der Waals surface area contributed by atoms with E-state index in [-0.39, 0.29) is 17.9 Å². The third-order valence-corrected chi connectivity index (χ3v) is 6.69. The van der Waals surface area contributed by atoms with Crippen molar-refractivity contribution in [3.63, 3.8) is 0 Å². The lowest BCUT2D eigenvalue weighted by Crippen LogP contribution is -2.44. The molecule has 1 aliphatic rings. The number of piperazine rings is 1. The minimum Gasteiger partial charge on any atom is -0.369 e. The molecule has 5 rings (SSSR count). The summed E-state index contributed by atoms with van der Waals surface area (Å²) in [5.41, 5.74) is 5.08. The fourth-order valence-corrected chi connectivity index (χ4v) is 4.54. The number of aromatic nitrogens is 1. The van der Waals surface area contributed by atoms with E-state index >= 15 is 0 Å². The molecule has 0 unspecified atom stereocenters. The van der Waals surface area contributed by atoms with E-state index in [0.717, 1.165) is 54.0 Å². The number of nitrogens with one attached hydrogen (secondary N) is 1. The molecule has 174 valence electrons. The molecule has 0 atom stereocenters. The van der Waals surface area contributed by atoms with Crippen molar-refractivity contribution in [2.75, 3.05) is 43.4 Å². The highest BCUT2D eigenvalue weighted by Crippen LogP contribution is 2.25. The van der Waals surface area contributed by atoms with E-state index < -0.39 is 0 Å². The van der Waals surface area contributed by atoms with E-state index in [2.05, 4.69) is 46.4 Å². The van der Waals surface area contributed by atoms with Crippen molar-refractivity contribution in [1.82, 2.24) is 9.47 Å². The maximum Gasteiger partial charge on any atom is 0.251 e. The number of likely N-dealkylation sites (N-methyl/N-ethyl adjacent to an activating group) is 1. The van der Waals surface area contributed by atoms with Crippen molar-refractivity contribution in [1.29, 1.82) is 0 Å². The Morgan fingerprint density at radius 3 is 2.32 bits per heavy atom. The summed E-state index contributed by atoms with van der Waals surface area (Å²) in [6.07, 6.45) is 0. The van der Waals surface area contributed by atoms with Gasteiger partial charge in [0, 0.05) is 54.9 Å². The molecular formula is C28H29FN4O. The number of anilines is 3. The zero-order valence-corrected chi connectivity index (χ0v) is 19.6. The number of nitrogens with zero attached hydrogens (tertiary/aromatic N) is 3. The van der Waals surface area contributed by atoms with Gasteiger partial charge in [-0.05, 0) is 73.5 Å². The van der Waals surface area contributed by atoms with Gasteiger partial charge in [0.05, 0.1) is 12.1 Å². The maximum absolute atomic E-state index is 14.5. The van der Waals surface area contributed by atoms with Gasteiger partial charge in [-0.2, -0.15) is 0 Å². The van der Waals surface area contributed by atoms with Crippen molar-refractivity contribution in [2.24, 2.45) is 0 Å². The van der Waals surface area contributed by atoms with E-state index in [1.165, 1.54) is 11.8 Å². The molecule has 0 spiro atoms. The van der Waals surface area contributed by atoms with Crippen molar-refractivity contribution in [3.05, 3.63) is 100 Å². The average Bonchev–Trinajstić information content (AvgIpc) is 2.84. The first-order chi connectivity index (χ1) is 16.5. The van der Waals surface area contributed by atoms with Crippen LogP contribution in [0.2, 0.25) is 0 Å². The summed E-state index contributed by atoms with van der Waals surface area (Å²) >= 11 is 0. The van der Waals surface area contributed by atoms with Crippen molar-refractivity contribution < 1.29 is 4.39 Å². The Balaban J connectivity index is 1.41. The van der Waals surface area contributed by atoms with E-state index in [1.54, 1.807) is 16.7 Å². The Morgan fingerprint density at radius 1 is 0.882 bits per heavy atom. The molecule has 0 radical (unpaired) electrons. The smallest absolute Gasteiger partial charge is 0.251 e. The summed E-state index contributed by atoms with van der Waals surface area (Å²) in [5, 5.41) is 4.39. The Bertz CT molecular complexity index is 1350. The molecule has 6 heteroatoms. The topological polar surface area (TPSA) is 40.5 Å². The minimum atomic E-state index is -0.293. The molecule has 1 N–H and O–H groups in total. The second-order valence-electron chi connectivity index (χ2n) is 9.03. The number of pyridine rings is 1. The number of hydrogen-bond donors (Lipinski definition) is 1. The van der Waals surface area contributed by atoms with Gasteiger partial charge in [-0.3, -0.25) is 4.79 Å². The van der Waals surface area contributed by atoms with E-state index in [9.17, 15) is 9.18 Å². The van der Waals surface area contributed by atoms with Crippen LogP contribution >= 0.6 is 0 Å². The highest BCUT2D eigenvalue weighted by atomic mass is 19.1. The molecule has 0 saturated carbocycles. The van der Waals surface area contributed by atoms with Crippen molar-refractivity contribution >= 4 is 28.0 Å². The third kappa shape index (κ3) is 4.54. The largest absolute Gasteiger partial charge is 0.369 e. The van der Waals surface area contributed by atoms with E-state index in [1.807, 2.05) is 37.3 Å². The lowest BCUT2D eigenvalue weighted by molar-refractivity contribution is 0.313. The molecule has 2 heterocycles. The molecule has 34 heavy (non-hydrogen) atoms. The van der Waals surface area contributed by atoms with Gasteiger partial charge in [0.1, 0.15) is 5.82 Å². The van der Waals surface area contributed by atoms with Crippen LogP contribution in [0.5, 0.6) is 0 Å². The molecule has 4 aromatic rings. The Hall–Kier alpha value is -3.64. The standard InChI is InChI=1S/C28H29FN4O/c1-20-4-3-5-26(29)25(20)19-33-27-18-23(8-6-21(27)7-13-28(33)34)30-22-9-11-24(12-10-22)32-16-14-31(2)15-17-32/h3-13,18,30H,14-17,19H2,1-2H3. The molecule has 1 aliphatic heterocycles. The lowest BCUT2D eigenvalue weighted by Gasteiger charge is -2.34. The van der Waals surface area contributed by atoms with Crippen LogP contribution in [0, 0.1) is 12.7 Å². The monoisotopic (exact) mass is 456 g/mol. The molecule has 5 nitrogen and oxygen atoms in total. The van der Waals surface area contributed by atoms with Crippen LogP contribution in [-0.4, -0.2) is 42.7 Å². The van der Waals surface area contributed by atoms with Crippen LogP contribution in [0.3, 0.4) is 0 Å². The first-order valence-corrected chi connectivity index (χ1v) is 11.7. The molecule has 0 bridgehead atoms. The Kier molecular flexibility index (Phi) is 6.07. The minimum absolute atomic E-state index is 0.149. The van der Waals surface area contributed by atoms with Gasteiger partial charge in [0.25, 0.3) is 5.56 Å². The predicted octanol–water partition coefficient (Wildman–Crippen LogP) is 4.99. The summed E-state index contributed by atoms with van der Waals surface area (Å²) in [7, 11) is 2.16. The maximum atomic E-state index is 14.5. The molecule has 1 saturated heterocycles. The normalized spacial score (nSPS) is 14.5. The number of fused-ring (bicyclic) bond motifs is 1. The van der Waals surface area contributed by atoms with E-state index in [4.69, 9.17) is 0 Å². The van der Waals surface area contributed by atoms with Gasteiger partial charge >= 0.3 is 0 Å². The van der Waals surface area contributed by atoms with Crippen LogP contribution in [0.4, 0.5) is 21.5 Å². The van der Waals surface area contributed by atoms with Crippen LogP contribution in [0.25, 0.3) is 10.9 Å². The number of rotatable bonds is 5. The zero-order chi connectivity index (χ0) is 23.7. The van der Waals surface area contributed by atoms with Crippen molar-refractivity contribution in [2.45, 2.75) is 13.5 Å². The highest BCUT2D eigenvalue weighted by Gasteiger charge is 2.14. The lowest BCUT2D eigenvalue weighted by atomic mass is 10.1. The van der Waals surface area contributed by atoms with Crippen LogP contribution in [0.15, 0.2) is 77.6 Å². The summed E-state index contributed by atoms with van der Waals surface area (Å²) in [6, 6.07) is 22.8. The highest BCUT2D eigenvalue weighted by molar-refractivity contribution is 5.84. The first kappa shape index (κ1) is 22.2. The third-order valence-electron chi connectivity index (χ3n) is 6.69. The number of halogens is 1. The molecule has 0 aliphatic carbocycles. The summed E-state index contributed by atoms with van der Waals surface area (Å²) in [6.45, 7) is 6.28. The number of aryl methyl sites for hydroxylation is 1. The zero-order valence-electron chi connectivity index (χ0n) is 19.6. The van der Waals surface area contributed by atoms with Gasteiger partial charge in [-0.15, -0.1) is 0 Å². The van der Waals surface area contributed by atoms with Crippen LogP contribution < -0.4 is 15.8 Å². The van der Waals surface area contributed by atoms with Gasteiger partial charge < -0.3 is 19.7 Å².